The molecule has 0 aromatic heterocycles. The van der Waals surface area contributed by atoms with Gasteiger partial charge < -0.3 is 15.0 Å². The SMILES string of the molecule is CC(CN1CCC(Oc2ccccc2C(=O)NCCN2CCCC2C)CC1)c1ccccc1. The lowest BCUT2D eigenvalue weighted by atomic mass is 9.99. The van der Waals surface area contributed by atoms with Crippen molar-refractivity contribution in [1.82, 2.24) is 15.1 Å². The highest BCUT2D eigenvalue weighted by Crippen LogP contribution is 2.25. The Kier molecular flexibility index (Phi) is 8.40. The van der Waals surface area contributed by atoms with Crippen molar-refractivity contribution in [2.24, 2.45) is 0 Å². The average Bonchev–Trinajstić information content (AvgIpc) is 3.25. The predicted molar refractivity (Wildman–Crippen MR) is 134 cm³/mol. The molecule has 5 heteroatoms. The minimum Gasteiger partial charge on any atom is -0.489 e. The summed E-state index contributed by atoms with van der Waals surface area (Å²) in [5, 5.41) is 3.10. The van der Waals surface area contributed by atoms with Crippen LogP contribution in [-0.4, -0.2) is 67.1 Å². The fourth-order valence-corrected chi connectivity index (χ4v) is 5.15. The van der Waals surface area contributed by atoms with Crippen LogP contribution in [0.4, 0.5) is 0 Å². The van der Waals surface area contributed by atoms with Gasteiger partial charge in [0.15, 0.2) is 0 Å². The van der Waals surface area contributed by atoms with Gasteiger partial charge in [-0.25, -0.2) is 0 Å². The Balaban J connectivity index is 1.24. The van der Waals surface area contributed by atoms with Gasteiger partial charge in [-0.15, -0.1) is 0 Å². The Bertz CT molecular complexity index is 880. The van der Waals surface area contributed by atoms with E-state index in [4.69, 9.17) is 4.74 Å². The van der Waals surface area contributed by atoms with Crippen LogP contribution in [0.5, 0.6) is 5.75 Å². The summed E-state index contributed by atoms with van der Waals surface area (Å²) in [5.41, 5.74) is 2.04. The van der Waals surface area contributed by atoms with Gasteiger partial charge in [-0.1, -0.05) is 49.4 Å². The number of piperidine rings is 1. The summed E-state index contributed by atoms with van der Waals surface area (Å²) >= 11 is 0. The van der Waals surface area contributed by atoms with E-state index in [1.54, 1.807) is 0 Å². The van der Waals surface area contributed by atoms with Crippen molar-refractivity contribution in [2.75, 3.05) is 39.3 Å². The van der Waals surface area contributed by atoms with E-state index in [0.717, 1.165) is 45.6 Å². The van der Waals surface area contributed by atoms with Crippen LogP contribution in [0.25, 0.3) is 0 Å². The Hall–Kier alpha value is -2.37. The van der Waals surface area contributed by atoms with Gasteiger partial charge in [-0.05, 0) is 62.8 Å². The second-order valence-electron chi connectivity index (χ2n) is 9.71. The number of rotatable bonds is 9. The minimum atomic E-state index is -0.0356. The molecule has 33 heavy (non-hydrogen) atoms. The molecule has 0 aliphatic carbocycles. The zero-order valence-corrected chi connectivity index (χ0v) is 20.2. The summed E-state index contributed by atoms with van der Waals surface area (Å²) in [6.45, 7) is 10.4. The molecule has 0 bridgehead atoms. The fraction of sp³-hybridized carbons (Fsp3) is 0.536. The Labute approximate surface area is 199 Å². The molecule has 4 rings (SSSR count). The molecular weight excluding hydrogens is 410 g/mol. The van der Waals surface area contributed by atoms with Crippen molar-refractivity contribution in [3.63, 3.8) is 0 Å². The van der Waals surface area contributed by atoms with Crippen LogP contribution >= 0.6 is 0 Å². The highest BCUT2D eigenvalue weighted by molar-refractivity contribution is 5.96. The molecule has 2 heterocycles. The first-order valence-electron chi connectivity index (χ1n) is 12.7. The molecule has 0 spiro atoms. The molecule has 2 saturated heterocycles. The van der Waals surface area contributed by atoms with Crippen LogP contribution in [0.1, 0.15) is 61.4 Å². The molecule has 5 nitrogen and oxygen atoms in total. The van der Waals surface area contributed by atoms with E-state index in [0.29, 0.717) is 29.8 Å². The Morgan fingerprint density at radius 2 is 1.76 bits per heavy atom. The third kappa shape index (κ3) is 6.58. The van der Waals surface area contributed by atoms with Crippen molar-refractivity contribution in [2.45, 2.75) is 57.6 Å². The summed E-state index contributed by atoms with van der Waals surface area (Å²) in [6.07, 6.45) is 4.66. The summed E-state index contributed by atoms with van der Waals surface area (Å²) < 4.78 is 6.34. The molecule has 0 radical (unpaired) electrons. The molecule has 2 fully saturated rings. The molecular formula is C28H39N3O2. The molecule has 0 saturated carbocycles. The third-order valence-electron chi connectivity index (χ3n) is 7.24. The van der Waals surface area contributed by atoms with Crippen LogP contribution in [0, 0.1) is 0 Å². The summed E-state index contributed by atoms with van der Waals surface area (Å²) in [5.74, 6) is 1.20. The van der Waals surface area contributed by atoms with Gasteiger partial charge in [0.1, 0.15) is 11.9 Å². The second-order valence-corrected chi connectivity index (χ2v) is 9.71. The van der Waals surface area contributed by atoms with Gasteiger partial charge in [0.05, 0.1) is 5.56 Å². The number of nitrogens with one attached hydrogen (secondary N) is 1. The van der Waals surface area contributed by atoms with E-state index < -0.39 is 0 Å². The summed E-state index contributed by atoms with van der Waals surface area (Å²) in [7, 11) is 0. The maximum absolute atomic E-state index is 12.9. The lowest BCUT2D eigenvalue weighted by Crippen LogP contribution is -2.40. The first-order valence-corrected chi connectivity index (χ1v) is 12.7. The summed E-state index contributed by atoms with van der Waals surface area (Å²) in [4.78, 5) is 17.8. The summed E-state index contributed by atoms with van der Waals surface area (Å²) in [6, 6.07) is 19.0. The van der Waals surface area contributed by atoms with Crippen molar-refractivity contribution >= 4 is 5.91 Å². The van der Waals surface area contributed by atoms with Crippen molar-refractivity contribution in [3.8, 4) is 5.75 Å². The van der Waals surface area contributed by atoms with E-state index in [9.17, 15) is 4.79 Å². The first kappa shape index (κ1) is 23.8. The number of benzene rings is 2. The monoisotopic (exact) mass is 449 g/mol. The van der Waals surface area contributed by atoms with Gasteiger partial charge in [0.25, 0.3) is 5.91 Å². The molecule has 1 amide bonds. The number of hydrogen-bond donors (Lipinski definition) is 1. The standard InChI is InChI=1S/C28H39N3O2/c1-22(24-10-4-3-5-11-24)21-30-18-14-25(15-19-30)33-27-13-7-6-12-26(27)28(32)29-16-20-31-17-8-9-23(31)2/h3-7,10-13,22-23,25H,8-9,14-21H2,1-2H3,(H,29,32). The lowest BCUT2D eigenvalue weighted by Gasteiger charge is -2.34. The number of ether oxygens (including phenoxy) is 1. The number of nitrogens with zero attached hydrogens (tertiary/aromatic N) is 2. The highest BCUT2D eigenvalue weighted by Gasteiger charge is 2.24. The van der Waals surface area contributed by atoms with Gasteiger partial charge in [-0.3, -0.25) is 9.69 Å². The maximum atomic E-state index is 12.9. The molecule has 2 unspecified atom stereocenters. The van der Waals surface area contributed by atoms with E-state index in [-0.39, 0.29) is 12.0 Å². The van der Waals surface area contributed by atoms with Crippen LogP contribution in [-0.2, 0) is 0 Å². The molecule has 178 valence electrons. The second kappa shape index (κ2) is 11.7. The Morgan fingerprint density at radius 1 is 1.03 bits per heavy atom. The van der Waals surface area contributed by atoms with Crippen LogP contribution < -0.4 is 10.1 Å². The van der Waals surface area contributed by atoms with E-state index in [2.05, 4.69) is 59.3 Å². The van der Waals surface area contributed by atoms with E-state index >= 15 is 0 Å². The topological polar surface area (TPSA) is 44.8 Å². The van der Waals surface area contributed by atoms with E-state index in [1.165, 1.54) is 18.4 Å². The number of carbonyl (C=O) groups is 1. The van der Waals surface area contributed by atoms with Crippen molar-refractivity contribution in [3.05, 3.63) is 65.7 Å². The number of hydrogen-bond acceptors (Lipinski definition) is 4. The lowest BCUT2D eigenvalue weighted by molar-refractivity contribution is 0.0893. The normalized spacial score (nSPS) is 21.1. The minimum absolute atomic E-state index is 0.0356. The molecule has 2 aromatic rings. The zero-order chi connectivity index (χ0) is 23.0. The van der Waals surface area contributed by atoms with Crippen LogP contribution in [0.2, 0.25) is 0 Å². The average molecular weight is 450 g/mol. The van der Waals surface area contributed by atoms with Crippen LogP contribution in [0.3, 0.4) is 0 Å². The van der Waals surface area contributed by atoms with Gasteiger partial charge in [0.2, 0.25) is 0 Å². The van der Waals surface area contributed by atoms with Gasteiger partial charge >= 0.3 is 0 Å². The first-order chi connectivity index (χ1) is 16.1. The maximum Gasteiger partial charge on any atom is 0.255 e. The molecule has 2 atom stereocenters. The van der Waals surface area contributed by atoms with Gasteiger partial charge in [0, 0.05) is 38.8 Å². The van der Waals surface area contributed by atoms with Crippen molar-refractivity contribution in [1.29, 1.82) is 0 Å². The molecule has 2 aliphatic heterocycles. The number of para-hydroxylation sites is 1. The zero-order valence-electron chi connectivity index (χ0n) is 20.2. The predicted octanol–water partition coefficient (Wildman–Crippen LogP) is 4.55. The highest BCUT2D eigenvalue weighted by atomic mass is 16.5. The van der Waals surface area contributed by atoms with E-state index in [1.807, 2.05) is 24.3 Å². The number of carbonyl (C=O) groups excluding carboxylic acids is 1. The molecule has 1 N–H and O–H groups in total. The van der Waals surface area contributed by atoms with Crippen molar-refractivity contribution < 1.29 is 9.53 Å². The fourth-order valence-electron chi connectivity index (χ4n) is 5.15. The molecule has 2 aromatic carbocycles. The quantitative estimate of drug-likeness (QED) is 0.610. The number of likely N-dealkylation sites (tertiary alicyclic amines) is 2. The number of amides is 1. The van der Waals surface area contributed by atoms with Crippen LogP contribution in [0.15, 0.2) is 54.6 Å². The Morgan fingerprint density at radius 3 is 2.48 bits per heavy atom. The smallest absolute Gasteiger partial charge is 0.255 e. The van der Waals surface area contributed by atoms with Gasteiger partial charge in [-0.2, -0.15) is 0 Å². The largest absolute Gasteiger partial charge is 0.489 e. The third-order valence-corrected chi connectivity index (χ3v) is 7.24. The molecule has 2 aliphatic rings.